The van der Waals surface area contributed by atoms with Crippen molar-refractivity contribution in [2.24, 2.45) is 0 Å². The molecule has 8 heteroatoms. The van der Waals surface area contributed by atoms with Gasteiger partial charge in [0.15, 0.2) is 0 Å². The van der Waals surface area contributed by atoms with Crippen molar-refractivity contribution in [3.05, 3.63) is 49.3 Å². The van der Waals surface area contributed by atoms with Crippen LogP contribution < -0.4 is 21.3 Å². The van der Waals surface area contributed by atoms with Crippen molar-refractivity contribution in [2.45, 2.75) is 12.8 Å². The Bertz CT molecular complexity index is 386. The van der Waals surface area contributed by atoms with Gasteiger partial charge in [-0.2, -0.15) is 0 Å². The summed E-state index contributed by atoms with van der Waals surface area (Å²) in [7, 11) is 0. The average Bonchev–Trinajstić information content (AvgIpc) is 3.58. The average molecular weight is 392 g/mol. The highest BCUT2D eigenvalue weighted by molar-refractivity contribution is 4.88. The van der Waals surface area contributed by atoms with Crippen molar-refractivity contribution in [3.8, 4) is 0 Å². The molecule has 3 aliphatic rings. The maximum atomic E-state index is 5.01. The minimum absolute atomic E-state index is 0.889. The van der Waals surface area contributed by atoms with Gasteiger partial charge in [0.2, 0.25) is 0 Å². The number of H-pyrrole nitrogens is 1. The Hall–Kier alpha value is -1.84. The summed E-state index contributed by atoms with van der Waals surface area (Å²) >= 11 is 0. The van der Waals surface area contributed by atoms with Gasteiger partial charge in [0, 0.05) is 64.1 Å². The van der Waals surface area contributed by atoms with E-state index >= 15 is 0 Å². The second kappa shape index (κ2) is 21.5. The number of pyridine rings is 1. The van der Waals surface area contributed by atoms with E-state index in [0.29, 0.717) is 0 Å². The molecule has 0 bridgehead atoms. The van der Waals surface area contributed by atoms with Crippen LogP contribution in [-0.2, 0) is 4.74 Å². The van der Waals surface area contributed by atoms with E-state index in [-0.39, 0.29) is 0 Å². The first-order valence-corrected chi connectivity index (χ1v) is 10.2. The molecule has 0 saturated carbocycles. The highest BCUT2D eigenvalue weighted by Crippen LogP contribution is 1.90. The SMILES string of the molecule is C1CCNC1.C1CNCCN1.C1COCCN1.c1c[nH]cn1.c1ccncc1. The van der Waals surface area contributed by atoms with E-state index in [9.17, 15) is 0 Å². The standard InChI is InChI=1S/C5H5N.C4H10N2.C4H9NO.C4H9N.C3H4N2/c1-2-4-6-5-3-1;1-2-6-4-3-5-1;1-3-6-4-2-5-1;1-2-4-5-3-1;1-2-5-3-4-1/h1-5H;5-6H,1-4H2;5H,1-4H2;5H,1-4H2;1-3H,(H,4,5). The number of morpholine rings is 1. The maximum absolute atomic E-state index is 5.01. The Morgan fingerprint density at radius 2 is 1.14 bits per heavy atom. The lowest BCUT2D eigenvalue weighted by Crippen LogP contribution is -2.39. The Morgan fingerprint density at radius 3 is 1.32 bits per heavy atom. The topological polar surface area (TPSA) is 98.9 Å². The second-order valence-corrected chi connectivity index (χ2v) is 6.10. The number of piperazine rings is 1. The fourth-order valence-corrected chi connectivity index (χ4v) is 2.27. The van der Waals surface area contributed by atoms with Crippen molar-refractivity contribution in [2.75, 3.05) is 65.6 Å². The lowest BCUT2D eigenvalue weighted by molar-refractivity contribution is 0.109. The lowest BCUT2D eigenvalue weighted by atomic mass is 10.4. The monoisotopic (exact) mass is 391 g/mol. The van der Waals surface area contributed by atoms with Crippen LogP contribution in [-0.4, -0.2) is 80.5 Å². The van der Waals surface area contributed by atoms with Gasteiger partial charge in [0.05, 0.1) is 19.5 Å². The molecule has 0 radical (unpaired) electrons. The minimum Gasteiger partial charge on any atom is -0.379 e. The van der Waals surface area contributed by atoms with Gasteiger partial charge in [-0.3, -0.25) is 4.98 Å². The first kappa shape index (κ1) is 24.2. The van der Waals surface area contributed by atoms with Crippen molar-refractivity contribution in [1.82, 2.24) is 36.2 Å². The summed E-state index contributed by atoms with van der Waals surface area (Å²) in [5.41, 5.74) is 0. The number of aromatic nitrogens is 3. The summed E-state index contributed by atoms with van der Waals surface area (Å²) in [4.78, 5) is 10.2. The number of rotatable bonds is 0. The van der Waals surface area contributed by atoms with Crippen LogP contribution in [0, 0.1) is 0 Å². The second-order valence-electron chi connectivity index (χ2n) is 6.10. The fourth-order valence-electron chi connectivity index (χ4n) is 2.27. The van der Waals surface area contributed by atoms with Crippen LogP contribution in [0.5, 0.6) is 0 Å². The molecule has 0 atom stereocenters. The van der Waals surface area contributed by atoms with E-state index in [1.807, 2.05) is 18.2 Å². The molecule has 2 aromatic rings. The summed E-state index contributed by atoms with van der Waals surface area (Å²) in [5.74, 6) is 0. The summed E-state index contributed by atoms with van der Waals surface area (Å²) in [6, 6.07) is 5.72. The van der Waals surface area contributed by atoms with Crippen molar-refractivity contribution < 1.29 is 4.74 Å². The van der Waals surface area contributed by atoms with E-state index in [4.69, 9.17) is 4.74 Å². The van der Waals surface area contributed by atoms with Crippen LogP contribution in [0.1, 0.15) is 12.8 Å². The van der Waals surface area contributed by atoms with E-state index in [1.165, 1.54) is 25.9 Å². The zero-order valence-electron chi connectivity index (χ0n) is 16.9. The predicted molar refractivity (Wildman–Crippen MR) is 114 cm³/mol. The summed E-state index contributed by atoms with van der Waals surface area (Å²) in [6.45, 7) is 10.9. The Kier molecular flexibility index (Phi) is 18.5. The molecule has 3 aliphatic heterocycles. The van der Waals surface area contributed by atoms with Gasteiger partial charge >= 0.3 is 0 Å². The normalized spacial score (nSPS) is 17.7. The summed E-state index contributed by atoms with van der Waals surface area (Å²) in [6.07, 6.45) is 11.4. The van der Waals surface area contributed by atoms with Gasteiger partial charge in [-0.05, 0) is 38.1 Å². The molecule has 28 heavy (non-hydrogen) atoms. The molecule has 3 saturated heterocycles. The highest BCUT2D eigenvalue weighted by Gasteiger charge is 1.93. The molecule has 2 aromatic heterocycles. The fraction of sp³-hybridized carbons (Fsp3) is 0.600. The number of aromatic amines is 1. The molecule has 0 spiro atoms. The number of hydrogen-bond donors (Lipinski definition) is 5. The Morgan fingerprint density at radius 1 is 0.571 bits per heavy atom. The number of nitrogens with zero attached hydrogens (tertiary/aromatic N) is 2. The van der Waals surface area contributed by atoms with E-state index in [0.717, 1.165) is 52.5 Å². The van der Waals surface area contributed by atoms with Gasteiger partial charge < -0.3 is 31.0 Å². The molecule has 8 nitrogen and oxygen atoms in total. The first-order chi connectivity index (χ1) is 14.0. The van der Waals surface area contributed by atoms with E-state index in [2.05, 4.69) is 36.2 Å². The van der Waals surface area contributed by atoms with Crippen LogP contribution in [0.4, 0.5) is 0 Å². The zero-order valence-corrected chi connectivity index (χ0v) is 16.9. The van der Waals surface area contributed by atoms with Gasteiger partial charge in [-0.25, -0.2) is 4.98 Å². The molecule has 5 N–H and O–H groups in total. The smallest absolute Gasteiger partial charge is 0.0919 e. The molecule has 5 heterocycles. The maximum Gasteiger partial charge on any atom is 0.0919 e. The molecule has 3 fully saturated rings. The molecular formula is C20H37N7O. The third kappa shape index (κ3) is 18.9. The zero-order chi connectivity index (χ0) is 19.8. The van der Waals surface area contributed by atoms with Crippen LogP contribution in [0.2, 0.25) is 0 Å². The van der Waals surface area contributed by atoms with Crippen LogP contribution in [0.15, 0.2) is 49.3 Å². The Balaban J connectivity index is 0.000000175. The third-order valence-electron chi connectivity index (χ3n) is 3.73. The summed E-state index contributed by atoms with van der Waals surface area (Å²) < 4.78 is 5.01. The Labute approximate surface area is 169 Å². The van der Waals surface area contributed by atoms with Crippen molar-refractivity contribution in [1.29, 1.82) is 0 Å². The van der Waals surface area contributed by atoms with Gasteiger partial charge in [0.1, 0.15) is 0 Å². The van der Waals surface area contributed by atoms with Gasteiger partial charge in [0.25, 0.3) is 0 Å². The highest BCUT2D eigenvalue weighted by atomic mass is 16.5. The van der Waals surface area contributed by atoms with Crippen molar-refractivity contribution in [3.63, 3.8) is 0 Å². The number of ether oxygens (including phenoxy) is 1. The van der Waals surface area contributed by atoms with E-state index in [1.54, 1.807) is 31.1 Å². The van der Waals surface area contributed by atoms with Crippen LogP contribution in [0.3, 0.4) is 0 Å². The number of nitrogens with one attached hydrogen (secondary N) is 5. The molecule has 0 amide bonds. The largest absolute Gasteiger partial charge is 0.379 e. The van der Waals surface area contributed by atoms with Crippen LogP contribution >= 0.6 is 0 Å². The number of hydrogen-bond acceptors (Lipinski definition) is 7. The molecule has 0 aromatic carbocycles. The molecule has 0 unspecified atom stereocenters. The number of imidazole rings is 1. The minimum atomic E-state index is 0.889. The van der Waals surface area contributed by atoms with Crippen molar-refractivity contribution >= 4 is 0 Å². The summed E-state index contributed by atoms with van der Waals surface area (Å²) in [5, 5.41) is 12.8. The van der Waals surface area contributed by atoms with Gasteiger partial charge in [-0.15, -0.1) is 0 Å². The van der Waals surface area contributed by atoms with Gasteiger partial charge in [-0.1, -0.05) is 6.07 Å². The molecule has 0 aliphatic carbocycles. The molecular weight excluding hydrogens is 354 g/mol. The van der Waals surface area contributed by atoms with E-state index < -0.39 is 0 Å². The van der Waals surface area contributed by atoms with Crippen LogP contribution in [0.25, 0.3) is 0 Å². The third-order valence-corrected chi connectivity index (χ3v) is 3.73. The molecule has 5 rings (SSSR count). The quantitative estimate of drug-likeness (QED) is 0.450. The first-order valence-electron chi connectivity index (χ1n) is 10.2. The lowest BCUT2D eigenvalue weighted by Gasteiger charge is -2.11. The molecule has 158 valence electrons. The predicted octanol–water partition coefficient (Wildman–Crippen LogP) is 0.647.